The molecule has 1 aromatic rings. The molecule has 0 aromatic heterocycles. The van der Waals surface area contributed by atoms with Gasteiger partial charge in [-0.3, -0.25) is 4.79 Å². The summed E-state index contributed by atoms with van der Waals surface area (Å²) in [5.41, 5.74) is 5.75. The van der Waals surface area contributed by atoms with Crippen LogP contribution in [0.1, 0.15) is 0 Å². The van der Waals surface area contributed by atoms with Crippen LogP contribution in [0.4, 0.5) is 5.69 Å². The molecule has 0 saturated heterocycles. The first-order valence-corrected chi connectivity index (χ1v) is 4.96. The second-order valence-electron chi connectivity index (χ2n) is 3.17. The zero-order valence-electron chi connectivity index (χ0n) is 10.5. The summed E-state index contributed by atoms with van der Waals surface area (Å²) in [6.45, 7) is -0.0866. The molecule has 1 amide bonds. The lowest BCUT2D eigenvalue weighted by Crippen LogP contribution is -2.21. The van der Waals surface area contributed by atoms with Crippen molar-refractivity contribution in [3.05, 3.63) is 12.1 Å². The number of ether oxygens (including phenoxy) is 3. The lowest BCUT2D eigenvalue weighted by molar-refractivity contribution is -0.114. The third-order valence-electron chi connectivity index (χ3n) is 2.13. The van der Waals surface area contributed by atoms with Crippen molar-refractivity contribution in [2.75, 3.05) is 33.2 Å². The monoisotopic (exact) mass is 276 g/mol. The quantitative estimate of drug-likeness (QED) is 0.839. The van der Waals surface area contributed by atoms with E-state index in [0.717, 1.165) is 0 Å². The molecule has 0 aliphatic carbocycles. The highest BCUT2D eigenvalue weighted by Crippen LogP contribution is 2.39. The van der Waals surface area contributed by atoms with Crippen LogP contribution in [0.15, 0.2) is 12.1 Å². The van der Waals surface area contributed by atoms with Crippen molar-refractivity contribution in [1.29, 1.82) is 0 Å². The Morgan fingerprint density at radius 1 is 1.17 bits per heavy atom. The van der Waals surface area contributed by atoms with Crippen LogP contribution in [0.5, 0.6) is 17.2 Å². The number of hydrogen-bond acceptors (Lipinski definition) is 5. The van der Waals surface area contributed by atoms with E-state index in [4.69, 9.17) is 19.9 Å². The van der Waals surface area contributed by atoms with Gasteiger partial charge in [0.1, 0.15) is 0 Å². The minimum Gasteiger partial charge on any atom is -0.493 e. The molecule has 1 rings (SSSR count). The van der Waals surface area contributed by atoms with Crippen molar-refractivity contribution < 1.29 is 19.0 Å². The van der Waals surface area contributed by atoms with Crippen molar-refractivity contribution >= 4 is 24.0 Å². The Hall–Kier alpha value is -1.66. The lowest BCUT2D eigenvalue weighted by Gasteiger charge is -2.14. The van der Waals surface area contributed by atoms with Crippen LogP contribution in [0.3, 0.4) is 0 Å². The maximum Gasteiger partial charge on any atom is 0.238 e. The molecule has 6 nitrogen and oxygen atoms in total. The Kier molecular flexibility index (Phi) is 6.92. The largest absolute Gasteiger partial charge is 0.493 e. The molecule has 3 N–H and O–H groups in total. The molecular formula is C11H17ClN2O4. The fraction of sp³-hybridized carbons (Fsp3) is 0.364. The van der Waals surface area contributed by atoms with Gasteiger partial charge < -0.3 is 25.3 Å². The van der Waals surface area contributed by atoms with E-state index in [1.807, 2.05) is 0 Å². The van der Waals surface area contributed by atoms with Crippen molar-refractivity contribution in [3.8, 4) is 17.2 Å². The highest BCUT2D eigenvalue weighted by atomic mass is 35.5. The molecule has 0 fully saturated rings. The summed E-state index contributed by atoms with van der Waals surface area (Å²) in [4.78, 5) is 11.2. The molecule has 0 heterocycles. The summed E-state index contributed by atoms with van der Waals surface area (Å²) in [5.74, 6) is 1.12. The molecule has 0 saturated carbocycles. The van der Waals surface area contributed by atoms with Gasteiger partial charge in [0.05, 0.1) is 27.9 Å². The molecule has 1 aromatic carbocycles. The summed E-state index contributed by atoms with van der Waals surface area (Å²) < 4.78 is 15.5. The molecule has 0 aliphatic rings. The third kappa shape index (κ3) is 3.68. The smallest absolute Gasteiger partial charge is 0.238 e. The highest BCUT2D eigenvalue weighted by Gasteiger charge is 2.13. The fourth-order valence-electron chi connectivity index (χ4n) is 1.37. The summed E-state index contributed by atoms with van der Waals surface area (Å²) in [6, 6.07) is 3.27. The van der Waals surface area contributed by atoms with Crippen LogP contribution in [0, 0.1) is 0 Å². The Balaban J connectivity index is 0.00000289. The molecule has 7 heteroatoms. The van der Waals surface area contributed by atoms with Crippen molar-refractivity contribution in [2.24, 2.45) is 5.73 Å². The van der Waals surface area contributed by atoms with Gasteiger partial charge in [0.2, 0.25) is 11.7 Å². The maximum absolute atomic E-state index is 11.2. The minimum atomic E-state index is -0.292. The van der Waals surface area contributed by atoms with Crippen molar-refractivity contribution in [2.45, 2.75) is 0 Å². The minimum absolute atomic E-state index is 0. The van der Waals surface area contributed by atoms with Crippen LogP contribution >= 0.6 is 12.4 Å². The van der Waals surface area contributed by atoms with Crippen LogP contribution in [-0.4, -0.2) is 33.8 Å². The number of methoxy groups -OCH3 is 3. The first-order chi connectivity index (χ1) is 8.15. The highest BCUT2D eigenvalue weighted by molar-refractivity contribution is 5.92. The van der Waals surface area contributed by atoms with Crippen molar-refractivity contribution in [1.82, 2.24) is 0 Å². The van der Waals surface area contributed by atoms with Gasteiger partial charge in [-0.2, -0.15) is 0 Å². The van der Waals surface area contributed by atoms with E-state index < -0.39 is 0 Å². The van der Waals surface area contributed by atoms with Gasteiger partial charge in [0, 0.05) is 17.8 Å². The van der Waals surface area contributed by atoms with Gasteiger partial charge in [-0.15, -0.1) is 12.4 Å². The number of carbonyl (C=O) groups is 1. The van der Waals surface area contributed by atoms with Gasteiger partial charge in [0.25, 0.3) is 0 Å². The predicted molar refractivity (Wildman–Crippen MR) is 71.0 cm³/mol. The SMILES string of the molecule is COc1cc(NC(=O)CN)cc(OC)c1OC.Cl. The molecule has 18 heavy (non-hydrogen) atoms. The van der Waals surface area contributed by atoms with Crippen LogP contribution in [0.2, 0.25) is 0 Å². The lowest BCUT2D eigenvalue weighted by atomic mass is 10.2. The van der Waals surface area contributed by atoms with Gasteiger partial charge >= 0.3 is 0 Å². The summed E-state index contributed by atoms with van der Waals surface area (Å²) in [6.07, 6.45) is 0. The molecule has 0 bridgehead atoms. The summed E-state index contributed by atoms with van der Waals surface area (Å²) in [5, 5.41) is 2.61. The number of hydrogen-bond donors (Lipinski definition) is 2. The summed E-state index contributed by atoms with van der Waals surface area (Å²) >= 11 is 0. The number of nitrogens with one attached hydrogen (secondary N) is 1. The molecule has 0 unspecified atom stereocenters. The molecule has 0 atom stereocenters. The molecular weight excluding hydrogens is 260 g/mol. The summed E-state index contributed by atoms with van der Waals surface area (Å²) in [7, 11) is 4.52. The maximum atomic E-state index is 11.2. The topological polar surface area (TPSA) is 82.8 Å². The van der Waals surface area contributed by atoms with E-state index >= 15 is 0 Å². The Bertz CT molecular complexity index is 387. The van der Waals surface area contributed by atoms with E-state index in [0.29, 0.717) is 22.9 Å². The van der Waals surface area contributed by atoms with Crippen LogP contribution in [0.25, 0.3) is 0 Å². The van der Waals surface area contributed by atoms with Gasteiger partial charge in [-0.05, 0) is 0 Å². The van der Waals surface area contributed by atoms with E-state index in [1.54, 1.807) is 12.1 Å². The van der Waals surface area contributed by atoms with E-state index in [-0.39, 0.29) is 24.9 Å². The Morgan fingerprint density at radius 2 is 1.67 bits per heavy atom. The standard InChI is InChI=1S/C11H16N2O4.ClH/c1-15-8-4-7(13-10(14)6-12)5-9(16-2)11(8)17-3;/h4-5H,6,12H2,1-3H3,(H,13,14);1H. The number of nitrogens with two attached hydrogens (primary N) is 1. The van der Waals surface area contributed by atoms with Crippen molar-refractivity contribution in [3.63, 3.8) is 0 Å². The zero-order valence-corrected chi connectivity index (χ0v) is 11.3. The number of benzene rings is 1. The second kappa shape index (κ2) is 7.62. The Labute approximate surface area is 112 Å². The molecule has 0 radical (unpaired) electrons. The zero-order chi connectivity index (χ0) is 12.8. The second-order valence-corrected chi connectivity index (χ2v) is 3.17. The molecule has 102 valence electrons. The van der Waals surface area contributed by atoms with Gasteiger partial charge in [-0.1, -0.05) is 0 Å². The molecule has 0 aliphatic heterocycles. The van der Waals surface area contributed by atoms with Gasteiger partial charge in [0.15, 0.2) is 11.5 Å². The average Bonchev–Trinajstić information content (AvgIpc) is 2.37. The predicted octanol–water partition coefficient (Wildman–Crippen LogP) is 1.03. The van der Waals surface area contributed by atoms with Crippen LogP contribution < -0.4 is 25.3 Å². The Morgan fingerprint density at radius 3 is 2.00 bits per heavy atom. The molecule has 0 spiro atoms. The number of halogens is 1. The number of amides is 1. The van der Waals surface area contributed by atoms with E-state index in [9.17, 15) is 4.79 Å². The van der Waals surface area contributed by atoms with Gasteiger partial charge in [-0.25, -0.2) is 0 Å². The average molecular weight is 277 g/mol. The van der Waals surface area contributed by atoms with Crippen LogP contribution in [-0.2, 0) is 4.79 Å². The van der Waals surface area contributed by atoms with E-state index in [1.165, 1.54) is 21.3 Å². The fourth-order valence-corrected chi connectivity index (χ4v) is 1.37. The first kappa shape index (κ1) is 16.3. The normalized spacial score (nSPS) is 9.11. The number of rotatable bonds is 5. The number of carbonyl (C=O) groups excluding carboxylic acids is 1. The number of anilines is 1. The van der Waals surface area contributed by atoms with E-state index in [2.05, 4.69) is 5.32 Å². The third-order valence-corrected chi connectivity index (χ3v) is 2.13. The first-order valence-electron chi connectivity index (χ1n) is 4.96.